The molecule has 0 unspecified atom stereocenters. The van der Waals surface area contributed by atoms with Crippen LogP contribution in [-0.4, -0.2) is 43.7 Å². The van der Waals surface area contributed by atoms with E-state index in [0.29, 0.717) is 35.8 Å². The minimum absolute atomic E-state index is 0.0376. The Morgan fingerprint density at radius 3 is 2.79 bits per heavy atom. The molecule has 3 aromatic rings. The Hall–Kier alpha value is -2.61. The lowest BCUT2D eigenvalue weighted by Crippen LogP contribution is -2.43. The molecular weight excluding hydrogens is 396 g/mol. The predicted molar refractivity (Wildman–Crippen MR) is 108 cm³/mol. The number of aryl methyl sites for hydroxylation is 1. The van der Waals surface area contributed by atoms with Crippen LogP contribution >= 0.6 is 11.6 Å². The summed E-state index contributed by atoms with van der Waals surface area (Å²) in [5, 5.41) is 3.69. The molecule has 152 valence electrons. The SMILES string of the molecule is Cc1cc2oc(C(=O)NC[C@@H](c3ccco3)N3CCOCC3)cc(=O)c2cc1Cl. The van der Waals surface area contributed by atoms with Gasteiger partial charge in [-0.15, -0.1) is 0 Å². The number of furan rings is 1. The zero-order valence-electron chi connectivity index (χ0n) is 15.9. The molecule has 1 N–H and O–H groups in total. The van der Waals surface area contributed by atoms with Crippen molar-refractivity contribution in [3.05, 3.63) is 68.9 Å². The Morgan fingerprint density at radius 2 is 2.07 bits per heavy atom. The number of nitrogens with one attached hydrogen (secondary N) is 1. The van der Waals surface area contributed by atoms with Gasteiger partial charge in [0.15, 0.2) is 11.2 Å². The van der Waals surface area contributed by atoms with E-state index in [2.05, 4.69) is 10.2 Å². The molecule has 1 aliphatic heterocycles. The molecule has 1 aromatic carbocycles. The molecular formula is C21H21ClN2O5. The molecule has 0 radical (unpaired) electrons. The summed E-state index contributed by atoms with van der Waals surface area (Å²) in [7, 11) is 0. The summed E-state index contributed by atoms with van der Waals surface area (Å²) in [6.07, 6.45) is 1.61. The van der Waals surface area contributed by atoms with E-state index in [0.717, 1.165) is 24.4 Å². The minimum atomic E-state index is -0.457. The Kier molecular flexibility index (Phi) is 5.71. The van der Waals surface area contributed by atoms with Crippen molar-refractivity contribution in [3.8, 4) is 0 Å². The van der Waals surface area contributed by atoms with Gasteiger partial charge in [0.25, 0.3) is 5.91 Å². The van der Waals surface area contributed by atoms with Gasteiger partial charge < -0.3 is 18.9 Å². The van der Waals surface area contributed by atoms with E-state index < -0.39 is 5.91 Å². The van der Waals surface area contributed by atoms with Gasteiger partial charge in [-0.1, -0.05) is 11.6 Å². The molecule has 7 nitrogen and oxygen atoms in total. The van der Waals surface area contributed by atoms with Crippen LogP contribution in [0.5, 0.6) is 0 Å². The third-order valence-corrected chi connectivity index (χ3v) is 5.45. The van der Waals surface area contributed by atoms with E-state index in [9.17, 15) is 9.59 Å². The lowest BCUT2D eigenvalue weighted by atomic mass is 10.1. The fourth-order valence-electron chi connectivity index (χ4n) is 3.44. The average Bonchev–Trinajstić information content (AvgIpc) is 3.25. The third kappa shape index (κ3) is 4.22. The highest BCUT2D eigenvalue weighted by Gasteiger charge is 2.26. The standard InChI is InChI=1S/C21H21ClN2O5/c1-13-9-19-14(10-15(13)22)17(25)11-20(29-19)21(26)23-12-16(18-3-2-6-28-18)24-4-7-27-8-5-24/h2-3,6,9-11,16H,4-5,7-8,12H2,1H3,(H,23,26)/t16-/m0/s1. The Bertz CT molecular complexity index is 1070. The number of hydrogen-bond acceptors (Lipinski definition) is 6. The average molecular weight is 417 g/mol. The van der Waals surface area contributed by atoms with E-state index in [1.807, 2.05) is 19.1 Å². The van der Waals surface area contributed by atoms with Crippen molar-refractivity contribution in [2.45, 2.75) is 13.0 Å². The van der Waals surface area contributed by atoms with E-state index in [1.54, 1.807) is 18.4 Å². The van der Waals surface area contributed by atoms with Crippen LogP contribution in [-0.2, 0) is 4.74 Å². The highest BCUT2D eigenvalue weighted by atomic mass is 35.5. The summed E-state index contributed by atoms with van der Waals surface area (Å²) >= 11 is 6.09. The van der Waals surface area contributed by atoms with Crippen LogP contribution in [0.1, 0.15) is 27.9 Å². The van der Waals surface area contributed by atoms with Crippen molar-refractivity contribution in [3.63, 3.8) is 0 Å². The highest BCUT2D eigenvalue weighted by molar-refractivity contribution is 6.32. The second kappa shape index (κ2) is 8.41. The maximum atomic E-state index is 12.7. The molecule has 29 heavy (non-hydrogen) atoms. The number of amides is 1. The molecule has 1 aliphatic rings. The second-order valence-corrected chi connectivity index (χ2v) is 7.37. The van der Waals surface area contributed by atoms with E-state index in [1.165, 1.54) is 6.07 Å². The summed E-state index contributed by atoms with van der Waals surface area (Å²) < 4.78 is 16.7. The zero-order chi connectivity index (χ0) is 20.4. The number of morpholine rings is 1. The van der Waals surface area contributed by atoms with Crippen molar-refractivity contribution >= 4 is 28.5 Å². The number of rotatable bonds is 5. The smallest absolute Gasteiger partial charge is 0.287 e. The summed E-state index contributed by atoms with van der Waals surface area (Å²) in [5.74, 6) is 0.267. The lowest BCUT2D eigenvalue weighted by molar-refractivity contribution is 0.0117. The number of ether oxygens (including phenoxy) is 1. The van der Waals surface area contributed by atoms with Gasteiger partial charge in [0, 0.05) is 30.7 Å². The second-order valence-electron chi connectivity index (χ2n) is 6.96. The van der Waals surface area contributed by atoms with Gasteiger partial charge in [-0.2, -0.15) is 0 Å². The highest BCUT2D eigenvalue weighted by Crippen LogP contribution is 2.23. The fraction of sp³-hybridized carbons (Fsp3) is 0.333. The zero-order valence-corrected chi connectivity index (χ0v) is 16.7. The first-order valence-electron chi connectivity index (χ1n) is 9.40. The van der Waals surface area contributed by atoms with Gasteiger partial charge in [0.1, 0.15) is 11.3 Å². The van der Waals surface area contributed by atoms with Gasteiger partial charge in [0.05, 0.1) is 30.9 Å². The molecule has 4 rings (SSSR count). The van der Waals surface area contributed by atoms with Crippen LogP contribution in [0.2, 0.25) is 5.02 Å². The first kappa shape index (κ1) is 19.7. The van der Waals surface area contributed by atoms with Gasteiger partial charge in [0.2, 0.25) is 0 Å². The number of carbonyl (C=O) groups excluding carboxylic acids is 1. The number of fused-ring (bicyclic) bond motifs is 1. The van der Waals surface area contributed by atoms with Crippen LogP contribution in [0.15, 0.2) is 50.2 Å². The third-order valence-electron chi connectivity index (χ3n) is 5.05. The maximum absolute atomic E-state index is 12.7. The topological polar surface area (TPSA) is 84.9 Å². The molecule has 0 aliphatic carbocycles. The molecule has 8 heteroatoms. The summed E-state index contributed by atoms with van der Waals surface area (Å²) in [6.45, 7) is 4.87. The Labute approximate surface area is 172 Å². The molecule has 0 bridgehead atoms. The molecule has 0 spiro atoms. The van der Waals surface area contributed by atoms with Crippen molar-refractivity contribution < 1.29 is 18.4 Å². The monoisotopic (exact) mass is 416 g/mol. The molecule has 1 amide bonds. The van der Waals surface area contributed by atoms with Crippen LogP contribution in [0, 0.1) is 6.92 Å². The predicted octanol–water partition coefficient (Wildman–Crippen LogP) is 3.15. The minimum Gasteiger partial charge on any atom is -0.468 e. The number of hydrogen-bond donors (Lipinski definition) is 1. The number of benzene rings is 1. The van der Waals surface area contributed by atoms with Crippen LogP contribution in [0.4, 0.5) is 0 Å². The van der Waals surface area contributed by atoms with Crippen LogP contribution in [0.3, 0.4) is 0 Å². The number of nitrogens with zero attached hydrogens (tertiary/aromatic N) is 1. The van der Waals surface area contributed by atoms with Crippen LogP contribution < -0.4 is 10.7 Å². The van der Waals surface area contributed by atoms with E-state index in [-0.39, 0.29) is 17.2 Å². The fourth-order valence-corrected chi connectivity index (χ4v) is 3.61. The van der Waals surface area contributed by atoms with Gasteiger partial charge in [-0.3, -0.25) is 14.5 Å². The van der Waals surface area contributed by atoms with Crippen molar-refractivity contribution in [1.29, 1.82) is 0 Å². The Balaban J connectivity index is 1.55. The molecule has 2 aromatic heterocycles. The first-order chi connectivity index (χ1) is 14.0. The molecule has 1 fully saturated rings. The quantitative estimate of drug-likeness (QED) is 0.687. The molecule has 3 heterocycles. The van der Waals surface area contributed by atoms with E-state index >= 15 is 0 Å². The van der Waals surface area contributed by atoms with Crippen molar-refractivity contribution in [1.82, 2.24) is 10.2 Å². The summed E-state index contributed by atoms with van der Waals surface area (Å²) in [5.41, 5.74) is 0.791. The maximum Gasteiger partial charge on any atom is 0.287 e. The Morgan fingerprint density at radius 1 is 1.28 bits per heavy atom. The molecule has 0 saturated carbocycles. The van der Waals surface area contributed by atoms with Crippen molar-refractivity contribution in [2.24, 2.45) is 0 Å². The molecule has 1 saturated heterocycles. The number of carbonyl (C=O) groups is 1. The largest absolute Gasteiger partial charge is 0.468 e. The summed E-state index contributed by atoms with van der Waals surface area (Å²) in [4.78, 5) is 27.3. The lowest BCUT2D eigenvalue weighted by Gasteiger charge is -2.33. The van der Waals surface area contributed by atoms with Crippen LogP contribution in [0.25, 0.3) is 11.0 Å². The summed E-state index contributed by atoms with van der Waals surface area (Å²) in [6, 6.07) is 7.99. The number of halogens is 1. The normalized spacial score (nSPS) is 16.1. The van der Waals surface area contributed by atoms with Crippen molar-refractivity contribution in [2.75, 3.05) is 32.8 Å². The first-order valence-corrected chi connectivity index (χ1v) is 9.78. The van der Waals surface area contributed by atoms with Gasteiger partial charge in [-0.05, 0) is 36.8 Å². The van der Waals surface area contributed by atoms with E-state index in [4.69, 9.17) is 25.2 Å². The van der Waals surface area contributed by atoms with Gasteiger partial charge in [-0.25, -0.2) is 0 Å². The molecule has 1 atom stereocenters. The van der Waals surface area contributed by atoms with Gasteiger partial charge >= 0.3 is 0 Å².